The zero-order valence-corrected chi connectivity index (χ0v) is 17.8. The van der Waals surface area contributed by atoms with Gasteiger partial charge in [-0.25, -0.2) is 15.0 Å². The van der Waals surface area contributed by atoms with E-state index in [2.05, 4.69) is 64.7 Å². The quantitative estimate of drug-likeness (QED) is 0.527. The van der Waals surface area contributed by atoms with E-state index in [1.165, 1.54) is 16.7 Å². The Morgan fingerprint density at radius 3 is 2.77 bits per heavy atom. The number of benzene rings is 2. The molecular weight excluding hydrogens is 386 g/mol. The lowest BCUT2D eigenvalue weighted by molar-refractivity contribution is 0.307. The average Bonchev–Trinajstić information content (AvgIpc) is 2.79. The van der Waals surface area contributed by atoms with Gasteiger partial charge in [0, 0.05) is 31.1 Å². The van der Waals surface area contributed by atoms with Crippen LogP contribution in [0.4, 0.5) is 11.6 Å². The largest absolute Gasteiger partial charge is 0.480 e. The topological polar surface area (TPSA) is 63.2 Å². The van der Waals surface area contributed by atoms with E-state index in [1.54, 1.807) is 7.11 Å². The van der Waals surface area contributed by atoms with Crippen molar-refractivity contribution in [2.45, 2.75) is 19.4 Å². The highest BCUT2D eigenvalue weighted by Crippen LogP contribution is 2.30. The SMILES string of the molecule is COc1nc2c(cc1Nc1ncc3cccc(Cc4ccccc4)c3n1)CN(C)CC2. The van der Waals surface area contributed by atoms with Gasteiger partial charge in [0.2, 0.25) is 11.8 Å². The van der Waals surface area contributed by atoms with Crippen molar-refractivity contribution in [1.29, 1.82) is 0 Å². The molecule has 5 rings (SSSR count). The number of ether oxygens (including phenoxy) is 1. The number of pyridine rings is 1. The van der Waals surface area contributed by atoms with Crippen LogP contribution in [0.3, 0.4) is 0 Å². The summed E-state index contributed by atoms with van der Waals surface area (Å²) in [6.45, 7) is 1.88. The number of hydrogen-bond acceptors (Lipinski definition) is 6. The van der Waals surface area contributed by atoms with Gasteiger partial charge in [0.1, 0.15) is 5.69 Å². The lowest BCUT2D eigenvalue weighted by atomic mass is 10.0. The Morgan fingerprint density at radius 1 is 1.06 bits per heavy atom. The third-order valence-corrected chi connectivity index (χ3v) is 5.70. The summed E-state index contributed by atoms with van der Waals surface area (Å²) in [4.78, 5) is 16.4. The molecule has 31 heavy (non-hydrogen) atoms. The summed E-state index contributed by atoms with van der Waals surface area (Å²) in [5, 5.41) is 4.37. The van der Waals surface area contributed by atoms with Crippen molar-refractivity contribution in [3.05, 3.63) is 83.2 Å². The van der Waals surface area contributed by atoms with Gasteiger partial charge in [0.05, 0.1) is 18.3 Å². The fourth-order valence-corrected chi connectivity index (χ4v) is 4.10. The van der Waals surface area contributed by atoms with Crippen LogP contribution in [0, 0.1) is 0 Å². The lowest BCUT2D eigenvalue weighted by Gasteiger charge is -2.25. The average molecular weight is 412 g/mol. The van der Waals surface area contributed by atoms with Crippen LogP contribution in [0.1, 0.15) is 22.4 Å². The smallest absolute Gasteiger partial charge is 0.237 e. The summed E-state index contributed by atoms with van der Waals surface area (Å²) in [7, 11) is 3.77. The van der Waals surface area contributed by atoms with Crippen LogP contribution >= 0.6 is 0 Å². The van der Waals surface area contributed by atoms with Crippen LogP contribution in [0.5, 0.6) is 5.88 Å². The highest BCUT2D eigenvalue weighted by molar-refractivity contribution is 5.82. The van der Waals surface area contributed by atoms with Crippen molar-refractivity contribution >= 4 is 22.5 Å². The second-order valence-electron chi connectivity index (χ2n) is 7.97. The summed E-state index contributed by atoms with van der Waals surface area (Å²) in [5.41, 5.74) is 6.48. The van der Waals surface area contributed by atoms with E-state index in [4.69, 9.17) is 14.7 Å². The summed E-state index contributed by atoms with van der Waals surface area (Å²) < 4.78 is 5.56. The predicted octanol–water partition coefficient (Wildman–Crippen LogP) is 4.36. The third-order valence-electron chi connectivity index (χ3n) is 5.70. The molecule has 0 saturated carbocycles. The molecule has 6 heteroatoms. The van der Waals surface area contributed by atoms with Gasteiger partial charge in [-0.1, -0.05) is 48.5 Å². The molecule has 2 aromatic carbocycles. The van der Waals surface area contributed by atoms with E-state index in [0.29, 0.717) is 11.8 Å². The zero-order valence-electron chi connectivity index (χ0n) is 17.8. The Balaban J connectivity index is 1.50. The van der Waals surface area contributed by atoms with Gasteiger partial charge in [-0.05, 0) is 36.2 Å². The molecule has 0 unspecified atom stereocenters. The predicted molar refractivity (Wildman–Crippen MR) is 123 cm³/mol. The number of nitrogens with zero attached hydrogens (tertiary/aromatic N) is 4. The maximum absolute atomic E-state index is 5.56. The first-order chi connectivity index (χ1) is 15.2. The first-order valence-electron chi connectivity index (χ1n) is 10.5. The molecule has 0 fully saturated rings. The Labute approximate surface area is 181 Å². The monoisotopic (exact) mass is 411 g/mol. The Morgan fingerprint density at radius 2 is 1.94 bits per heavy atom. The number of anilines is 2. The highest BCUT2D eigenvalue weighted by Gasteiger charge is 2.19. The van der Waals surface area contributed by atoms with E-state index < -0.39 is 0 Å². The molecule has 0 atom stereocenters. The van der Waals surface area contributed by atoms with Crippen molar-refractivity contribution in [2.75, 3.05) is 26.0 Å². The summed E-state index contributed by atoms with van der Waals surface area (Å²) in [5.74, 6) is 1.11. The Hall–Kier alpha value is -3.51. The number of hydrogen-bond donors (Lipinski definition) is 1. The second-order valence-corrected chi connectivity index (χ2v) is 7.97. The lowest BCUT2D eigenvalue weighted by Crippen LogP contribution is -2.27. The molecule has 3 heterocycles. The van der Waals surface area contributed by atoms with E-state index in [-0.39, 0.29) is 0 Å². The number of para-hydroxylation sites is 1. The molecule has 156 valence electrons. The van der Waals surface area contributed by atoms with Gasteiger partial charge in [-0.2, -0.15) is 0 Å². The van der Waals surface area contributed by atoms with Crippen LogP contribution in [0.2, 0.25) is 0 Å². The minimum absolute atomic E-state index is 0.539. The molecular formula is C25H25N5O. The van der Waals surface area contributed by atoms with Crippen molar-refractivity contribution in [3.8, 4) is 5.88 Å². The molecule has 0 aliphatic carbocycles. The van der Waals surface area contributed by atoms with Crippen LogP contribution in [-0.4, -0.2) is 40.6 Å². The standard InChI is InChI=1S/C25H25N5O/c1-30-12-11-21-20(16-30)14-22(24(27-21)31-2)28-25-26-15-19-10-6-9-18(23(19)29-25)13-17-7-4-3-5-8-17/h3-10,14-15H,11-13,16H2,1-2H3,(H,26,28,29). The van der Waals surface area contributed by atoms with Crippen LogP contribution in [0.25, 0.3) is 10.9 Å². The molecule has 0 radical (unpaired) electrons. The third kappa shape index (κ3) is 4.07. The van der Waals surface area contributed by atoms with Gasteiger partial charge in [0.25, 0.3) is 0 Å². The minimum atomic E-state index is 0.539. The normalized spacial score (nSPS) is 13.7. The molecule has 2 aromatic heterocycles. The van der Waals surface area contributed by atoms with Crippen molar-refractivity contribution in [2.24, 2.45) is 0 Å². The van der Waals surface area contributed by atoms with Crippen molar-refractivity contribution < 1.29 is 4.74 Å². The fourth-order valence-electron chi connectivity index (χ4n) is 4.10. The first-order valence-corrected chi connectivity index (χ1v) is 10.5. The van der Waals surface area contributed by atoms with Crippen molar-refractivity contribution in [1.82, 2.24) is 19.9 Å². The fraction of sp³-hybridized carbons (Fsp3) is 0.240. The molecule has 1 aliphatic heterocycles. The van der Waals surface area contributed by atoms with E-state index in [1.807, 2.05) is 18.3 Å². The summed E-state index contributed by atoms with van der Waals surface area (Å²) >= 11 is 0. The van der Waals surface area contributed by atoms with Crippen LogP contribution in [-0.2, 0) is 19.4 Å². The van der Waals surface area contributed by atoms with E-state index >= 15 is 0 Å². The molecule has 0 bridgehead atoms. The van der Waals surface area contributed by atoms with Gasteiger partial charge in [0.15, 0.2) is 0 Å². The summed E-state index contributed by atoms with van der Waals surface area (Å²) in [6.07, 6.45) is 3.62. The van der Waals surface area contributed by atoms with E-state index in [9.17, 15) is 0 Å². The van der Waals surface area contributed by atoms with Gasteiger partial charge >= 0.3 is 0 Å². The maximum atomic E-state index is 5.56. The molecule has 1 N–H and O–H groups in total. The van der Waals surface area contributed by atoms with Crippen LogP contribution in [0.15, 0.2) is 60.8 Å². The number of aromatic nitrogens is 3. The van der Waals surface area contributed by atoms with Crippen molar-refractivity contribution in [3.63, 3.8) is 0 Å². The first kappa shape index (κ1) is 19.5. The second kappa shape index (κ2) is 8.32. The highest BCUT2D eigenvalue weighted by atomic mass is 16.5. The number of methoxy groups -OCH3 is 1. The Kier molecular flexibility index (Phi) is 5.22. The molecule has 0 amide bonds. The maximum Gasteiger partial charge on any atom is 0.237 e. The molecule has 6 nitrogen and oxygen atoms in total. The van der Waals surface area contributed by atoms with Crippen LogP contribution < -0.4 is 10.1 Å². The minimum Gasteiger partial charge on any atom is -0.480 e. The Bertz CT molecular complexity index is 1230. The zero-order chi connectivity index (χ0) is 21.2. The number of rotatable bonds is 5. The molecule has 0 spiro atoms. The summed E-state index contributed by atoms with van der Waals surface area (Å²) in [6, 6.07) is 18.8. The van der Waals surface area contributed by atoms with E-state index in [0.717, 1.165) is 48.2 Å². The number of nitrogens with one attached hydrogen (secondary N) is 1. The van der Waals surface area contributed by atoms with Gasteiger partial charge < -0.3 is 15.0 Å². The van der Waals surface area contributed by atoms with Gasteiger partial charge in [-0.3, -0.25) is 0 Å². The molecule has 0 saturated heterocycles. The number of likely N-dealkylation sites (N-methyl/N-ethyl adjacent to an activating group) is 1. The molecule has 4 aromatic rings. The van der Waals surface area contributed by atoms with Gasteiger partial charge in [-0.15, -0.1) is 0 Å². The number of fused-ring (bicyclic) bond motifs is 2. The molecule has 1 aliphatic rings.